The Bertz CT molecular complexity index is 1020. The molecule has 6 heteroatoms. The Balaban J connectivity index is 2.02. The number of hydrogen-bond acceptors (Lipinski definition) is 4. The SMILES string of the molecule is COC(=O)C(Cc1ccccc1)n1ccc(=O)n(Cc2ccccc2)c1=O. The number of aromatic nitrogens is 2. The molecule has 1 aromatic heterocycles. The molecule has 1 atom stereocenters. The molecule has 0 N–H and O–H groups in total. The summed E-state index contributed by atoms with van der Waals surface area (Å²) in [5.41, 5.74) is 0.758. The highest BCUT2D eigenvalue weighted by Gasteiger charge is 2.24. The first-order valence-corrected chi connectivity index (χ1v) is 8.58. The van der Waals surface area contributed by atoms with E-state index in [-0.39, 0.29) is 13.0 Å². The average molecular weight is 364 g/mol. The Morgan fingerprint density at radius 1 is 0.926 bits per heavy atom. The highest BCUT2D eigenvalue weighted by atomic mass is 16.5. The Hall–Kier alpha value is -3.41. The monoisotopic (exact) mass is 364 g/mol. The molecule has 2 aromatic carbocycles. The van der Waals surface area contributed by atoms with Gasteiger partial charge < -0.3 is 4.74 Å². The molecule has 3 rings (SSSR count). The third-order valence-corrected chi connectivity index (χ3v) is 4.36. The minimum atomic E-state index is -0.854. The summed E-state index contributed by atoms with van der Waals surface area (Å²) in [6, 6.07) is 19.0. The van der Waals surface area contributed by atoms with E-state index in [0.29, 0.717) is 0 Å². The molecule has 0 aliphatic rings. The van der Waals surface area contributed by atoms with Crippen LogP contribution in [0.5, 0.6) is 0 Å². The molecule has 0 amide bonds. The number of methoxy groups -OCH3 is 1. The van der Waals surface area contributed by atoms with Crippen LogP contribution in [0.2, 0.25) is 0 Å². The predicted octanol–water partition coefficient (Wildman–Crippen LogP) is 2.02. The normalized spacial score (nSPS) is 11.7. The van der Waals surface area contributed by atoms with E-state index in [0.717, 1.165) is 15.7 Å². The summed E-state index contributed by atoms with van der Waals surface area (Å²) in [5, 5.41) is 0. The van der Waals surface area contributed by atoms with Crippen LogP contribution >= 0.6 is 0 Å². The molecule has 0 radical (unpaired) electrons. The summed E-state index contributed by atoms with van der Waals surface area (Å²) in [6.07, 6.45) is 1.65. The van der Waals surface area contributed by atoms with Crippen molar-refractivity contribution in [3.8, 4) is 0 Å². The molecule has 138 valence electrons. The van der Waals surface area contributed by atoms with Crippen LogP contribution < -0.4 is 11.2 Å². The van der Waals surface area contributed by atoms with E-state index in [1.807, 2.05) is 60.7 Å². The number of rotatable bonds is 6. The van der Waals surface area contributed by atoms with Crippen molar-refractivity contribution in [1.82, 2.24) is 9.13 Å². The van der Waals surface area contributed by atoms with Crippen molar-refractivity contribution in [1.29, 1.82) is 0 Å². The van der Waals surface area contributed by atoms with Crippen molar-refractivity contribution in [2.24, 2.45) is 0 Å². The Morgan fingerprint density at radius 2 is 1.52 bits per heavy atom. The van der Waals surface area contributed by atoms with Gasteiger partial charge in [0.2, 0.25) is 0 Å². The lowest BCUT2D eigenvalue weighted by Crippen LogP contribution is -2.43. The van der Waals surface area contributed by atoms with Crippen molar-refractivity contribution in [3.05, 3.63) is 105 Å². The Morgan fingerprint density at radius 3 is 2.11 bits per heavy atom. The molecular weight excluding hydrogens is 344 g/mol. The van der Waals surface area contributed by atoms with Gasteiger partial charge in [-0.2, -0.15) is 0 Å². The quantitative estimate of drug-likeness (QED) is 0.628. The lowest BCUT2D eigenvalue weighted by Gasteiger charge is -2.19. The van der Waals surface area contributed by atoms with E-state index in [2.05, 4.69) is 0 Å². The standard InChI is InChI=1S/C21H20N2O4/c1-27-20(25)18(14-16-8-4-2-5-9-16)22-13-12-19(24)23(21(22)26)15-17-10-6-3-7-11-17/h2-13,18H,14-15H2,1H3. The lowest BCUT2D eigenvalue weighted by molar-refractivity contribution is -0.144. The summed E-state index contributed by atoms with van der Waals surface area (Å²) in [5.74, 6) is -0.536. The largest absolute Gasteiger partial charge is 0.467 e. The van der Waals surface area contributed by atoms with Crippen molar-refractivity contribution in [2.75, 3.05) is 7.11 Å². The van der Waals surface area contributed by atoms with Crippen LogP contribution in [0.15, 0.2) is 82.5 Å². The van der Waals surface area contributed by atoms with Crippen LogP contribution in [0, 0.1) is 0 Å². The first kappa shape index (κ1) is 18.4. The number of carbonyl (C=O) groups excluding carboxylic acids is 1. The Labute approximate surface area is 156 Å². The molecule has 0 fully saturated rings. The van der Waals surface area contributed by atoms with Gasteiger partial charge in [-0.1, -0.05) is 60.7 Å². The molecule has 27 heavy (non-hydrogen) atoms. The number of benzene rings is 2. The lowest BCUT2D eigenvalue weighted by atomic mass is 10.1. The van der Waals surface area contributed by atoms with E-state index >= 15 is 0 Å². The van der Waals surface area contributed by atoms with Crippen LogP contribution in [0.3, 0.4) is 0 Å². The maximum atomic E-state index is 13.0. The van der Waals surface area contributed by atoms with E-state index in [4.69, 9.17) is 4.74 Å². The number of ether oxygens (including phenoxy) is 1. The van der Waals surface area contributed by atoms with Crippen molar-refractivity contribution >= 4 is 5.97 Å². The number of carbonyl (C=O) groups is 1. The summed E-state index contributed by atoms with van der Waals surface area (Å²) >= 11 is 0. The highest BCUT2D eigenvalue weighted by molar-refractivity contribution is 5.74. The van der Waals surface area contributed by atoms with Crippen LogP contribution in [-0.2, 0) is 22.5 Å². The zero-order valence-electron chi connectivity index (χ0n) is 14.9. The van der Waals surface area contributed by atoms with Crippen molar-refractivity contribution < 1.29 is 9.53 Å². The van der Waals surface area contributed by atoms with E-state index in [1.165, 1.54) is 23.9 Å². The van der Waals surface area contributed by atoms with Crippen molar-refractivity contribution in [3.63, 3.8) is 0 Å². The maximum Gasteiger partial charge on any atom is 0.332 e. The molecule has 0 spiro atoms. The van der Waals surface area contributed by atoms with Gasteiger partial charge in [-0.15, -0.1) is 0 Å². The van der Waals surface area contributed by atoms with Gasteiger partial charge in [0.25, 0.3) is 5.56 Å². The molecule has 0 bridgehead atoms. The zero-order valence-corrected chi connectivity index (χ0v) is 14.9. The third kappa shape index (κ3) is 4.23. The minimum Gasteiger partial charge on any atom is -0.467 e. The molecule has 0 aliphatic carbocycles. The Kier molecular flexibility index (Phi) is 5.66. The third-order valence-electron chi connectivity index (χ3n) is 4.36. The van der Waals surface area contributed by atoms with Gasteiger partial charge in [0.15, 0.2) is 0 Å². The van der Waals surface area contributed by atoms with E-state index in [9.17, 15) is 14.4 Å². The number of hydrogen-bond donors (Lipinski definition) is 0. The topological polar surface area (TPSA) is 70.3 Å². The molecule has 3 aromatic rings. The van der Waals surface area contributed by atoms with Gasteiger partial charge >= 0.3 is 11.7 Å². The fraction of sp³-hybridized carbons (Fsp3) is 0.190. The molecular formula is C21H20N2O4. The molecule has 1 heterocycles. The highest BCUT2D eigenvalue weighted by Crippen LogP contribution is 2.14. The van der Waals surface area contributed by atoms with Gasteiger partial charge in [0.1, 0.15) is 6.04 Å². The van der Waals surface area contributed by atoms with Crippen LogP contribution in [0.25, 0.3) is 0 Å². The fourth-order valence-electron chi connectivity index (χ4n) is 2.95. The summed E-state index contributed by atoms with van der Waals surface area (Å²) in [7, 11) is 1.28. The van der Waals surface area contributed by atoms with E-state index in [1.54, 1.807) is 0 Å². The van der Waals surface area contributed by atoms with Crippen LogP contribution in [-0.4, -0.2) is 22.2 Å². The van der Waals surface area contributed by atoms with Crippen LogP contribution in [0.4, 0.5) is 0 Å². The molecule has 0 saturated carbocycles. The van der Waals surface area contributed by atoms with Gasteiger partial charge in [-0.05, 0) is 11.1 Å². The van der Waals surface area contributed by atoms with Crippen molar-refractivity contribution in [2.45, 2.75) is 19.0 Å². The van der Waals surface area contributed by atoms with Gasteiger partial charge in [0, 0.05) is 18.7 Å². The molecule has 6 nitrogen and oxygen atoms in total. The summed E-state index contributed by atoms with van der Waals surface area (Å²) in [4.78, 5) is 37.6. The second kappa shape index (κ2) is 8.31. The van der Waals surface area contributed by atoms with Gasteiger partial charge in [-0.25, -0.2) is 9.59 Å². The predicted molar refractivity (Wildman–Crippen MR) is 102 cm³/mol. The fourth-order valence-corrected chi connectivity index (χ4v) is 2.95. The first-order valence-electron chi connectivity index (χ1n) is 8.58. The smallest absolute Gasteiger partial charge is 0.332 e. The number of nitrogens with zero attached hydrogens (tertiary/aromatic N) is 2. The maximum absolute atomic E-state index is 13.0. The molecule has 0 aliphatic heterocycles. The first-order chi connectivity index (χ1) is 13.1. The summed E-state index contributed by atoms with van der Waals surface area (Å²) < 4.78 is 7.28. The second-order valence-corrected chi connectivity index (χ2v) is 6.14. The minimum absolute atomic E-state index is 0.137. The average Bonchev–Trinajstić information content (AvgIpc) is 2.71. The molecule has 0 saturated heterocycles. The van der Waals surface area contributed by atoms with Crippen LogP contribution in [0.1, 0.15) is 17.2 Å². The van der Waals surface area contributed by atoms with Gasteiger partial charge in [-0.3, -0.25) is 13.9 Å². The zero-order chi connectivity index (χ0) is 19.2. The summed E-state index contributed by atoms with van der Waals surface area (Å²) in [6.45, 7) is 0.137. The molecule has 1 unspecified atom stereocenters. The number of esters is 1. The van der Waals surface area contributed by atoms with Gasteiger partial charge in [0.05, 0.1) is 13.7 Å². The van der Waals surface area contributed by atoms with E-state index < -0.39 is 23.3 Å². The second-order valence-electron chi connectivity index (χ2n) is 6.14.